The van der Waals surface area contributed by atoms with Crippen molar-refractivity contribution in [3.05, 3.63) is 69.4 Å². The molecule has 1 aliphatic rings. The molecule has 11 nitrogen and oxygen atoms in total. The molecule has 0 aliphatic heterocycles. The van der Waals surface area contributed by atoms with E-state index in [2.05, 4.69) is 21.3 Å². The number of halogens is 1. The third-order valence-corrected chi connectivity index (χ3v) is 7.85. The van der Waals surface area contributed by atoms with Crippen LogP contribution < -0.4 is 10.6 Å². The molecule has 12 heteroatoms. The maximum Gasteiger partial charge on any atom is 0.338 e. The molecular formula is C28H25ClN10O. The molecule has 5 heterocycles. The van der Waals surface area contributed by atoms with E-state index >= 15 is 0 Å². The average Bonchev–Trinajstić information content (AvgIpc) is 3.34. The highest BCUT2D eigenvalue weighted by atomic mass is 35.5. The van der Waals surface area contributed by atoms with Gasteiger partial charge in [-0.25, -0.2) is 9.20 Å². The first-order valence-electron chi connectivity index (χ1n) is 13.0. The molecule has 0 saturated heterocycles. The first-order valence-corrected chi connectivity index (χ1v) is 13.4. The lowest BCUT2D eigenvalue weighted by molar-refractivity contribution is 0.594. The second kappa shape index (κ2) is 8.93. The molecule has 0 bridgehead atoms. The van der Waals surface area contributed by atoms with Crippen molar-refractivity contribution in [2.75, 3.05) is 19.0 Å². The Morgan fingerprint density at radius 1 is 1.12 bits per heavy atom. The minimum atomic E-state index is -0.218. The molecule has 0 radical (unpaired) electrons. The summed E-state index contributed by atoms with van der Waals surface area (Å²) in [6, 6.07) is 13.5. The van der Waals surface area contributed by atoms with Gasteiger partial charge < -0.3 is 9.47 Å². The molecule has 1 aromatic carbocycles. The summed E-state index contributed by atoms with van der Waals surface area (Å²) in [6.45, 7) is 0.950. The monoisotopic (exact) mass is 552 g/mol. The van der Waals surface area contributed by atoms with Gasteiger partial charge in [-0.15, -0.1) is 10.2 Å². The Morgan fingerprint density at radius 3 is 2.67 bits per heavy atom. The molecule has 0 N–H and O–H groups in total. The van der Waals surface area contributed by atoms with Crippen molar-refractivity contribution in [1.29, 1.82) is 5.26 Å². The van der Waals surface area contributed by atoms with Crippen LogP contribution in [0, 0.1) is 17.2 Å². The summed E-state index contributed by atoms with van der Waals surface area (Å²) in [4.78, 5) is 20.2. The molecule has 0 unspecified atom stereocenters. The Hall–Kier alpha value is -4.69. The van der Waals surface area contributed by atoms with Gasteiger partial charge in [0.1, 0.15) is 11.8 Å². The van der Waals surface area contributed by atoms with Gasteiger partial charge in [-0.3, -0.25) is 14.2 Å². The van der Waals surface area contributed by atoms with Gasteiger partial charge in [0.2, 0.25) is 5.95 Å². The van der Waals surface area contributed by atoms with Gasteiger partial charge >= 0.3 is 5.69 Å². The van der Waals surface area contributed by atoms with Crippen LogP contribution in [-0.4, -0.2) is 52.6 Å². The van der Waals surface area contributed by atoms with Gasteiger partial charge in [0, 0.05) is 44.3 Å². The highest BCUT2D eigenvalue weighted by molar-refractivity contribution is 6.31. The van der Waals surface area contributed by atoms with Crippen molar-refractivity contribution >= 4 is 45.1 Å². The number of anilines is 1. The van der Waals surface area contributed by atoms with Gasteiger partial charge in [-0.1, -0.05) is 11.6 Å². The molecule has 1 aliphatic carbocycles. The summed E-state index contributed by atoms with van der Waals surface area (Å²) in [6.07, 6.45) is 3.93. The normalized spacial score (nSPS) is 13.5. The molecule has 0 spiro atoms. The number of fused-ring (bicyclic) bond motifs is 4. The van der Waals surface area contributed by atoms with Crippen LogP contribution in [0.3, 0.4) is 0 Å². The van der Waals surface area contributed by atoms with Crippen LogP contribution in [0.1, 0.15) is 24.1 Å². The van der Waals surface area contributed by atoms with Gasteiger partial charge in [0.05, 0.1) is 28.8 Å². The number of pyridine rings is 1. The summed E-state index contributed by atoms with van der Waals surface area (Å²) in [5.74, 6) is 0.877. The third kappa shape index (κ3) is 3.67. The SMILES string of the molecule is CN(C)c1nnc2c3c(-c4ccc(C#N)n4C)n(Cc4ccnc5ccc(Cl)cc45)nc3n(CC3CC3)c(=O)n12. The molecule has 7 rings (SSSR count). The Bertz CT molecular complexity index is 2070. The van der Waals surface area contributed by atoms with Crippen LogP contribution in [0.5, 0.6) is 0 Å². The van der Waals surface area contributed by atoms with Gasteiger partial charge in [-0.2, -0.15) is 10.4 Å². The molecule has 5 aromatic heterocycles. The Labute approximate surface area is 233 Å². The van der Waals surface area contributed by atoms with Crippen LogP contribution in [0.25, 0.3) is 39.0 Å². The number of rotatable bonds is 6. The zero-order valence-electron chi connectivity index (χ0n) is 22.2. The molecular weight excluding hydrogens is 528 g/mol. The predicted octanol–water partition coefficient (Wildman–Crippen LogP) is 3.84. The largest absolute Gasteiger partial charge is 0.347 e. The van der Waals surface area contributed by atoms with E-state index in [4.69, 9.17) is 16.7 Å². The minimum Gasteiger partial charge on any atom is -0.347 e. The number of benzene rings is 1. The second-order valence-electron chi connectivity index (χ2n) is 10.5. The molecule has 6 aromatic rings. The predicted molar refractivity (Wildman–Crippen MR) is 153 cm³/mol. The Morgan fingerprint density at radius 2 is 1.95 bits per heavy atom. The van der Waals surface area contributed by atoms with E-state index in [-0.39, 0.29) is 5.69 Å². The fourth-order valence-electron chi connectivity index (χ4n) is 5.39. The molecule has 200 valence electrons. The molecule has 40 heavy (non-hydrogen) atoms. The quantitative estimate of drug-likeness (QED) is 0.308. The number of hydrogen-bond donors (Lipinski definition) is 0. The van der Waals surface area contributed by atoms with Crippen molar-refractivity contribution in [2.24, 2.45) is 13.0 Å². The third-order valence-electron chi connectivity index (χ3n) is 7.61. The highest BCUT2D eigenvalue weighted by Gasteiger charge is 2.30. The molecule has 0 atom stereocenters. The average molecular weight is 553 g/mol. The lowest BCUT2D eigenvalue weighted by atomic mass is 10.1. The van der Waals surface area contributed by atoms with E-state index in [1.165, 1.54) is 0 Å². The summed E-state index contributed by atoms with van der Waals surface area (Å²) in [7, 11) is 5.53. The summed E-state index contributed by atoms with van der Waals surface area (Å²) >= 11 is 6.37. The topological polar surface area (TPSA) is 115 Å². The van der Waals surface area contributed by atoms with Crippen molar-refractivity contribution in [2.45, 2.75) is 25.9 Å². The van der Waals surface area contributed by atoms with Crippen molar-refractivity contribution < 1.29 is 0 Å². The number of aromatic nitrogens is 8. The number of nitriles is 1. The van der Waals surface area contributed by atoms with Crippen molar-refractivity contribution in [1.82, 2.24) is 38.5 Å². The van der Waals surface area contributed by atoms with E-state index in [1.807, 2.05) is 60.7 Å². The fraction of sp³-hybridized carbons (Fsp3) is 0.286. The van der Waals surface area contributed by atoms with Crippen LogP contribution in [-0.2, 0) is 20.1 Å². The fourth-order valence-corrected chi connectivity index (χ4v) is 5.56. The first-order chi connectivity index (χ1) is 19.4. The van der Waals surface area contributed by atoms with Crippen LogP contribution >= 0.6 is 11.6 Å². The standard InChI is InChI=1S/C28H25ClN10O/c1-35(2)27-33-32-25-23-24(22-9-7-19(13-30)36(22)3)38(15-17-10-11-31-21-8-6-18(29)12-20(17)21)34-26(23)37(14-16-4-5-16)28(40)39(25)27/h6-12,16H,4-5,14-15H2,1-3H3. The second-order valence-corrected chi connectivity index (χ2v) is 10.9. The Balaban J connectivity index is 1.59. The molecule has 0 amide bonds. The van der Waals surface area contributed by atoms with Gasteiger partial charge in [-0.05, 0) is 60.7 Å². The van der Waals surface area contributed by atoms with Gasteiger partial charge in [0.25, 0.3) is 0 Å². The summed E-state index contributed by atoms with van der Waals surface area (Å²) in [5, 5.41) is 25.9. The highest BCUT2D eigenvalue weighted by Crippen LogP contribution is 2.36. The molecule has 1 saturated carbocycles. The van der Waals surface area contributed by atoms with Crippen LogP contribution in [0.2, 0.25) is 5.02 Å². The lowest BCUT2D eigenvalue weighted by Gasteiger charge is -2.12. The van der Waals surface area contributed by atoms with E-state index in [0.717, 1.165) is 40.7 Å². The van der Waals surface area contributed by atoms with E-state index in [0.29, 0.717) is 52.4 Å². The minimum absolute atomic E-state index is 0.218. The number of hydrogen-bond acceptors (Lipinski definition) is 7. The van der Waals surface area contributed by atoms with Crippen LogP contribution in [0.4, 0.5) is 5.95 Å². The van der Waals surface area contributed by atoms with E-state index in [9.17, 15) is 10.1 Å². The Kier molecular flexibility index (Phi) is 5.43. The smallest absolute Gasteiger partial charge is 0.338 e. The summed E-state index contributed by atoms with van der Waals surface area (Å²) in [5.41, 5.74) is 4.60. The maximum absolute atomic E-state index is 13.9. The van der Waals surface area contributed by atoms with E-state index < -0.39 is 0 Å². The van der Waals surface area contributed by atoms with Crippen molar-refractivity contribution in [3.63, 3.8) is 0 Å². The van der Waals surface area contributed by atoms with E-state index in [1.54, 1.807) is 26.1 Å². The van der Waals surface area contributed by atoms with Crippen LogP contribution in [0.15, 0.2) is 47.4 Å². The zero-order valence-corrected chi connectivity index (χ0v) is 23.0. The summed E-state index contributed by atoms with van der Waals surface area (Å²) < 4.78 is 7.05. The lowest BCUT2D eigenvalue weighted by Crippen LogP contribution is -2.30. The maximum atomic E-state index is 13.9. The first kappa shape index (κ1) is 24.4. The zero-order chi connectivity index (χ0) is 27.7. The van der Waals surface area contributed by atoms with Crippen molar-refractivity contribution in [3.8, 4) is 17.5 Å². The van der Waals surface area contributed by atoms with Gasteiger partial charge in [0.15, 0.2) is 11.3 Å². The molecule has 1 fully saturated rings. The number of nitrogens with zero attached hydrogens (tertiary/aromatic N) is 10.